The number of aromatic nitrogens is 2. The molecule has 1 saturated heterocycles. The Morgan fingerprint density at radius 1 is 1.15 bits per heavy atom. The van der Waals surface area contributed by atoms with Crippen molar-refractivity contribution in [1.29, 1.82) is 0 Å². The molecular weight excluding hydrogens is 270 g/mol. The van der Waals surface area contributed by atoms with E-state index < -0.39 is 0 Å². The molecule has 1 aliphatic heterocycles. The van der Waals surface area contributed by atoms with Crippen molar-refractivity contribution in [3.05, 3.63) is 30.2 Å². The third-order valence-corrected chi connectivity index (χ3v) is 4.37. The number of rotatable bonds is 4. The molecule has 0 N–H and O–H groups in total. The lowest BCUT2D eigenvalue weighted by Gasteiger charge is -2.24. The molecule has 1 aromatic carbocycles. The first-order chi connectivity index (χ1) is 9.85. The van der Waals surface area contributed by atoms with Gasteiger partial charge in [-0.1, -0.05) is 11.6 Å². The molecule has 20 heavy (non-hydrogen) atoms. The van der Waals surface area contributed by atoms with Gasteiger partial charge in [0.15, 0.2) is 0 Å². The molecule has 1 fully saturated rings. The van der Waals surface area contributed by atoms with Crippen molar-refractivity contribution in [3.8, 4) is 11.4 Å². The van der Waals surface area contributed by atoms with Gasteiger partial charge in [-0.05, 0) is 56.5 Å². The van der Waals surface area contributed by atoms with Crippen molar-refractivity contribution < 1.29 is 4.52 Å². The molecule has 0 bridgehead atoms. The minimum Gasteiger partial charge on any atom is -0.338 e. The number of benzene rings is 1. The van der Waals surface area contributed by atoms with Gasteiger partial charge >= 0.3 is 0 Å². The average molecular weight is 289 g/mol. The lowest BCUT2D eigenvalue weighted by Crippen LogP contribution is -2.29. The minimum atomic E-state index is 0.685. The summed E-state index contributed by atoms with van der Waals surface area (Å²) < 4.78 is 5.37. The summed E-state index contributed by atoms with van der Waals surface area (Å²) in [5.41, 5.74) is 1.01. The molecule has 1 aromatic heterocycles. The molecule has 0 aliphatic carbocycles. The Hall–Kier alpha value is -1.33. The summed E-state index contributed by atoms with van der Waals surface area (Å²) in [5, 5.41) is 4.09. The molecule has 2 aromatic rings. The number of thioether (sulfide) groups is 1. The van der Waals surface area contributed by atoms with E-state index in [9.17, 15) is 0 Å². The van der Waals surface area contributed by atoms with Gasteiger partial charge < -0.3 is 4.52 Å². The summed E-state index contributed by atoms with van der Waals surface area (Å²) in [6.07, 6.45) is 5.96. The lowest BCUT2D eigenvalue weighted by atomic mass is 10.1. The Bertz CT molecular complexity index is 547. The second kappa shape index (κ2) is 6.41. The topological polar surface area (TPSA) is 42.2 Å². The van der Waals surface area contributed by atoms with E-state index in [1.807, 2.05) is 12.1 Å². The molecule has 0 radical (unpaired) electrons. The monoisotopic (exact) mass is 289 g/mol. The maximum absolute atomic E-state index is 5.37. The van der Waals surface area contributed by atoms with Gasteiger partial charge in [-0.15, -0.1) is 11.8 Å². The lowest BCUT2D eigenvalue weighted by molar-refractivity contribution is 0.193. The van der Waals surface area contributed by atoms with E-state index in [-0.39, 0.29) is 0 Å². The smallest absolute Gasteiger partial charge is 0.241 e. The zero-order chi connectivity index (χ0) is 13.8. The van der Waals surface area contributed by atoms with Crippen LogP contribution in [0.25, 0.3) is 11.4 Å². The van der Waals surface area contributed by atoms with Gasteiger partial charge in [-0.2, -0.15) is 4.98 Å². The van der Waals surface area contributed by atoms with Gasteiger partial charge in [0.25, 0.3) is 0 Å². The van der Waals surface area contributed by atoms with Crippen LogP contribution in [0.15, 0.2) is 33.7 Å². The van der Waals surface area contributed by atoms with E-state index >= 15 is 0 Å². The molecule has 106 valence electrons. The van der Waals surface area contributed by atoms with Crippen LogP contribution >= 0.6 is 11.8 Å². The second-order valence-corrected chi connectivity index (χ2v) is 5.96. The SMILES string of the molecule is CSc1ccc(-c2noc(CN3CCCCC3)n2)cc1. The van der Waals surface area contributed by atoms with Crippen molar-refractivity contribution in [2.45, 2.75) is 30.7 Å². The van der Waals surface area contributed by atoms with Gasteiger partial charge in [0.2, 0.25) is 11.7 Å². The minimum absolute atomic E-state index is 0.685. The maximum Gasteiger partial charge on any atom is 0.241 e. The Morgan fingerprint density at radius 3 is 2.60 bits per heavy atom. The van der Waals surface area contributed by atoms with Crippen molar-refractivity contribution >= 4 is 11.8 Å². The molecule has 0 amide bonds. The van der Waals surface area contributed by atoms with Crippen LogP contribution in [0.3, 0.4) is 0 Å². The fourth-order valence-electron chi connectivity index (χ4n) is 2.49. The van der Waals surface area contributed by atoms with E-state index in [2.05, 4.69) is 33.4 Å². The molecule has 4 nitrogen and oxygen atoms in total. The van der Waals surface area contributed by atoms with Crippen LogP contribution in [0.1, 0.15) is 25.2 Å². The molecule has 0 atom stereocenters. The third-order valence-electron chi connectivity index (χ3n) is 3.62. The van der Waals surface area contributed by atoms with E-state index in [0.29, 0.717) is 5.82 Å². The predicted octanol–water partition coefficient (Wildman–Crippen LogP) is 3.44. The Kier molecular flexibility index (Phi) is 4.38. The standard InChI is InChI=1S/C15H19N3OS/c1-20-13-7-5-12(6-8-13)15-16-14(19-17-15)11-18-9-3-2-4-10-18/h5-8H,2-4,9-11H2,1H3. The van der Waals surface area contributed by atoms with E-state index in [0.717, 1.165) is 31.1 Å². The molecule has 0 unspecified atom stereocenters. The van der Waals surface area contributed by atoms with E-state index in [1.54, 1.807) is 11.8 Å². The molecular formula is C15H19N3OS. The summed E-state index contributed by atoms with van der Waals surface area (Å²) in [6.45, 7) is 3.05. The van der Waals surface area contributed by atoms with Crippen LogP contribution in [0.4, 0.5) is 0 Å². The predicted molar refractivity (Wildman–Crippen MR) is 80.6 cm³/mol. The quantitative estimate of drug-likeness (QED) is 0.807. The zero-order valence-corrected chi connectivity index (χ0v) is 12.5. The first-order valence-corrected chi connectivity index (χ1v) is 8.27. The average Bonchev–Trinajstić information content (AvgIpc) is 2.97. The van der Waals surface area contributed by atoms with Crippen LogP contribution in [-0.2, 0) is 6.54 Å². The highest BCUT2D eigenvalue weighted by Crippen LogP contribution is 2.21. The van der Waals surface area contributed by atoms with Gasteiger partial charge in [-0.25, -0.2) is 0 Å². The number of likely N-dealkylation sites (tertiary alicyclic amines) is 1. The van der Waals surface area contributed by atoms with E-state index in [4.69, 9.17) is 4.52 Å². The van der Waals surface area contributed by atoms with Gasteiger partial charge in [0.05, 0.1) is 6.54 Å². The van der Waals surface area contributed by atoms with Crippen LogP contribution < -0.4 is 0 Å². The van der Waals surface area contributed by atoms with Crippen molar-refractivity contribution in [2.75, 3.05) is 19.3 Å². The van der Waals surface area contributed by atoms with E-state index in [1.165, 1.54) is 24.2 Å². The Labute approximate surface area is 123 Å². The van der Waals surface area contributed by atoms with Crippen LogP contribution in [-0.4, -0.2) is 34.4 Å². The number of hydrogen-bond donors (Lipinski definition) is 0. The largest absolute Gasteiger partial charge is 0.338 e. The second-order valence-electron chi connectivity index (χ2n) is 5.08. The third kappa shape index (κ3) is 3.22. The molecule has 2 heterocycles. The zero-order valence-electron chi connectivity index (χ0n) is 11.7. The Morgan fingerprint density at radius 2 is 1.90 bits per heavy atom. The van der Waals surface area contributed by atoms with Crippen LogP contribution in [0, 0.1) is 0 Å². The van der Waals surface area contributed by atoms with Gasteiger partial charge in [0.1, 0.15) is 0 Å². The summed E-state index contributed by atoms with van der Waals surface area (Å²) in [6, 6.07) is 8.25. The normalized spacial score (nSPS) is 16.4. The van der Waals surface area contributed by atoms with Gasteiger partial charge in [0, 0.05) is 10.5 Å². The Balaban J connectivity index is 1.68. The maximum atomic E-state index is 5.37. The fourth-order valence-corrected chi connectivity index (χ4v) is 2.89. The van der Waals surface area contributed by atoms with Gasteiger partial charge in [-0.3, -0.25) is 4.90 Å². The molecule has 5 heteroatoms. The highest BCUT2D eigenvalue weighted by Gasteiger charge is 2.15. The number of piperidine rings is 1. The highest BCUT2D eigenvalue weighted by atomic mass is 32.2. The fraction of sp³-hybridized carbons (Fsp3) is 0.467. The molecule has 3 rings (SSSR count). The molecule has 0 spiro atoms. The first-order valence-electron chi connectivity index (χ1n) is 7.04. The summed E-state index contributed by atoms with van der Waals surface area (Å²) >= 11 is 1.73. The van der Waals surface area contributed by atoms with Crippen LogP contribution in [0.5, 0.6) is 0 Å². The first kappa shape index (κ1) is 13.6. The molecule has 1 aliphatic rings. The number of hydrogen-bond acceptors (Lipinski definition) is 5. The van der Waals surface area contributed by atoms with Crippen molar-refractivity contribution in [2.24, 2.45) is 0 Å². The van der Waals surface area contributed by atoms with Crippen molar-refractivity contribution in [3.63, 3.8) is 0 Å². The molecule has 0 saturated carbocycles. The highest BCUT2D eigenvalue weighted by molar-refractivity contribution is 7.98. The summed E-state index contributed by atoms with van der Waals surface area (Å²) in [4.78, 5) is 8.13. The number of nitrogens with zero attached hydrogens (tertiary/aromatic N) is 3. The summed E-state index contributed by atoms with van der Waals surface area (Å²) in [7, 11) is 0. The summed E-state index contributed by atoms with van der Waals surface area (Å²) in [5.74, 6) is 1.40. The van der Waals surface area contributed by atoms with Crippen molar-refractivity contribution in [1.82, 2.24) is 15.0 Å². The van der Waals surface area contributed by atoms with Crippen LogP contribution in [0.2, 0.25) is 0 Å².